The van der Waals surface area contributed by atoms with Gasteiger partial charge in [-0.1, -0.05) is 11.6 Å². The summed E-state index contributed by atoms with van der Waals surface area (Å²) in [5, 5.41) is 4.61. The Bertz CT molecular complexity index is 299. The topological polar surface area (TPSA) is 74.3 Å². The van der Waals surface area contributed by atoms with Gasteiger partial charge in [-0.25, -0.2) is 5.43 Å². The van der Waals surface area contributed by atoms with E-state index in [1.165, 1.54) is 0 Å². The molecule has 0 spiro atoms. The van der Waals surface area contributed by atoms with Gasteiger partial charge in [0.2, 0.25) is 0 Å². The van der Waals surface area contributed by atoms with E-state index in [4.69, 9.17) is 26.9 Å². The minimum absolute atomic E-state index is 0.183. The van der Waals surface area contributed by atoms with E-state index in [1.807, 2.05) is 0 Å². The van der Waals surface area contributed by atoms with Gasteiger partial charge in [0, 0.05) is 14.2 Å². The summed E-state index contributed by atoms with van der Waals surface area (Å²) < 4.78 is 11.9. The van der Waals surface area contributed by atoms with E-state index >= 15 is 0 Å². The van der Waals surface area contributed by atoms with E-state index < -0.39 is 0 Å². The molecule has 92 valence electrons. The predicted molar refractivity (Wildman–Crippen MR) is 61.0 cm³/mol. The van der Waals surface area contributed by atoms with Crippen molar-refractivity contribution in [2.45, 2.75) is 6.04 Å². The summed E-state index contributed by atoms with van der Waals surface area (Å²) in [5.74, 6) is 5.46. The van der Waals surface area contributed by atoms with Gasteiger partial charge in [0.05, 0.1) is 42.8 Å². The number of ether oxygens (including phenoxy) is 2. The van der Waals surface area contributed by atoms with Crippen LogP contribution in [0.4, 0.5) is 0 Å². The summed E-state index contributed by atoms with van der Waals surface area (Å²) in [6, 6.07) is -0.183. The third-order valence-corrected chi connectivity index (χ3v) is 2.48. The average Bonchev–Trinajstić information content (AvgIpc) is 2.60. The quantitative estimate of drug-likeness (QED) is 0.411. The molecule has 0 amide bonds. The van der Waals surface area contributed by atoms with Crippen molar-refractivity contribution in [1.82, 2.24) is 15.2 Å². The van der Waals surface area contributed by atoms with Crippen molar-refractivity contribution in [3.63, 3.8) is 0 Å². The number of nitrogens with one attached hydrogen (secondary N) is 1. The van der Waals surface area contributed by atoms with Crippen molar-refractivity contribution >= 4 is 11.6 Å². The molecule has 0 saturated heterocycles. The summed E-state index contributed by atoms with van der Waals surface area (Å²) in [6.45, 7) is 1.49. The van der Waals surface area contributed by atoms with Crippen molar-refractivity contribution in [3.05, 3.63) is 16.9 Å². The van der Waals surface area contributed by atoms with E-state index in [2.05, 4.69) is 10.5 Å². The largest absolute Gasteiger partial charge is 0.382 e. The fraction of sp³-hybridized carbons (Fsp3) is 0.667. The number of hydrogen-bond donors (Lipinski definition) is 2. The first-order valence-corrected chi connectivity index (χ1v) is 5.28. The lowest BCUT2D eigenvalue weighted by Crippen LogP contribution is -2.33. The van der Waals surface area contributed by atoms with E-state index in [-0.39, 0.29) is 6.04 Å². The Morgan fingerprint density at radius 3 is 2.88 bits per heavy atom. The molecule has 0 radical (unpaired) electrons. The molecular weight excluding hydrogens is 232 g/mol. The highest BCUT2D eigenvalue weighted by Crippen LogP contribution is 2.21. The Hall–Kier alpha value is -0.660. The maximum atomic E-state index is 6.00. The monoisotopic (exact) mass is 248 g/mol. The molecule has 0 aliphatic heterocycles. The lowest BCUT2D eigenvalue weighted by atomic mass is 10.2. The number of hydrazine groups is 1. The molecule has 1 aromatic rings. The van der Waals surface area contributed by atoms with Crippen LogP contribution in [0.25, 0.3) is 0 Å². The molecule has 1 aromatic heterocycles. The summed E-state index contributed by atoms with van der Waals surface area (Å²) in [7, 11) is 3.43. The molecule has 1 heterocycles. The summed E-state index contributed by atoms with van der Waals surface area (Å²) in [6.07, 6.45) is 1.58. The molecule has 6 nitrogen and oxygen atoms in total. The summed E-state index contributed by atoms with van der Waals surface area (Å²) >= 11 is 6.00. The van der Waals surface area contributed by atoms with Crippen LogP contribution in [0, 0.1) is 0 Å². The van der Waals surface area contributed by atoms with Crippen LogP contribution in [0.1, 0.15) is 11.7 Å². The number of aryl methyl sites for hydroxylation is 1. The van der Waals surface area contributed by atoms with Crippen LogP contribution in [0.15, 0.2) is 6.20 Å². The standard InChI is InChI=1S/C9H17ClN4O2/c1-14-9(7(10)5-12-14)8(13-11)6-16-4-3-15-2/h5,8,13H,3-4,6,11H2,1-2H3. The molecule has 1 rings (SSSR count). The molecular formula is C9H17ClN4O2. The summed E-state index contributed by atoms with van der Waals surface area (Å²) in [5.41, 5.74) is 3.46. The molecule has 1 unspecified atom stereocenters. The van der Waals surface area contributed by atoms with Crippen LogP contribution in [0.3, 0.4) is 0 Å². The molecule has 0 aliphatic rings. The third-order valence-electron chi connectivity index (χ3n) is 2.19. The Kier molecular flexibility index (Phi) is 5.72. The molecule has 0 saturated carbocycles. The van der Waals surface area contributed by atoms with Gasteiger partial charge in [-0.05, 0) is 0 Å². The molecule has 0 fully saturated rings. The SMILES string of the molecule is COCCOCC(NN)c1c(Cl)cnn1C. The van der Waals surface area contributed by atoms with Gasteiger partial charge >= 0.3 is 0 Å². The Balaban J connectivity index is 2.54. The van der Waals surface area contributed by atoms with Crippen molar-refractivity contribution < 1.29 is 9.47 Å². The highest BCUT2D eigenvalue weighted by Gasteiger charge is 2.17. The Morgan fingerprint density at radius 1 is 1.62 bits per heavy atom. The van der Waals surface area contributed by atoms with E-state index in [0.717, 1.165) is 5.69 Å². The maximum Gasteiger partial charge on any atom is 0.0877 e. The highest BCUT2D eigenvalue weighted by molar-refractivity contribution is 6.31. The average molecular weight is 249 g/mol. The normalized spacial score (nSPS) is 13.0. The molecule has 0 bridgehead atoms. The highest BCUT2D eigenvalue weighted by atomic mass is 35.5. The number of methoxy groups -OCH3 is 1. The Labute approximate surface area is 99.6 Å². The van der Waals surface area contributed by atoms with Gasteiger partial charge < -0.3 is 9.47 Å². The van der Waals surface area contributed by atoms with Crippen LogP contribution < -0.4 is 11.3 Å². The summed E-state index contributed by atoms with van der Waals surface area (Å²) in [4.78, 5) is 0. The zero-order chi connectivity index (χ0) is 12.0. The van der Waals surface area contributed by atoms with Crippen molar-refractivity contribution in [1.29, 1.82) is 0 Å². The van der Waals surface area contributed by atoms with Gasteiger partial charge in [-0.15, -0.1) is 0 Å². The number of nitrogens with two attached hydrogens (primary N) is 1. The zero-order valence-electron chi connectivity index (χ0n) is 9.44. The number of nitrogens with zero attached hydrogens (tertiary/aromatic N) is 2. The second-order valence-corrected chi connectivity index (χ2v) is 3.70. The third kappa shape index (κ3) is 3.43. The van der Waals surface area contributed by atoms with E-state index in [0.29, 0.717) is 24.8 Å². The molecule has 0 aliphatic carbocycles. The lowest BCUT2D eigenvalue weighted by Gasteiger charge is -2.16. The molecule has 7 heteroatoms. The Morgan fingerprint density at radius 2 is 2.38 bits per heavy atom. The molecule has 16 heavy (non-hydrogen) atoms. The zero-order valence-corrected chi connectivity index (χ0v) is 10.2. The van der Waals surface area contributed by atoms with E-state index in [1.54, 1.807) is 25.0 Å². The number of rotatable bonds is 7. The second kappa shape index (κ2) is 6.82. The molecule has 0 aromatic carbocycles. The second-order valence-electron chi connectivity index (χ2n) is 3.29. The number of halogens is 1. The van der Waals surface area contributed by atoms with Gasteiger partial charge in [-0.2, -0.15) is 5.10 Å². The lowest BCUT2D eigenvalue weighted by molar-refractivity contribution is 0.0575. The van der Waals surface area contributed by atoms with Crippen LogP contribution >= 0.6 is 11.6 Å². The minimum atomic E-state index is -0.183. The fourth-order valence-corrected chi connectivity index (χ4v) is 1.66. The predicted octanol–water partition coefficient (Wildman–Crippen LogP) is 0.241. The van der Waals surface area contributed by atoms with Gasteiger partial charge in [0.15, 0.2) is 0 Å². The van der Waals surface area contributed by atoms with Crippen molar-refractivity contribution in [2.75, 3.05) is 26.9 Å². The van der Waals surface area contributed by atoms with Crippen LogP contribution in [-0.2, 0) is 16.5 Å². The van der Waals surface area contributed by atoms with Gasteiger partial charge in [0.1, 0.15) is 0 Å². The van der Waals surface area contributed by atoms with Crippen molar-refractivity contribution in [2.24, 2.45) is 12.9 Å². The molecule has 1 atom stereocenters. The minimum Gasteiger partial charge on any atom is -0.382 e. The van der Waals surface area contributed by atoms with E-state index in [9.17, 15) is 0 Å². The van der Waals surface area contributed by atoms with Crippen molar-refractivity contribution in [3.8, 4) is 0 Å². The number of aromatic nitrogens is 2. The first-order valence-electron chi connectivity index (χ1n) is 4.91. The smallest absolute Gasteiger partial charge is 0.0877 e. The van der Waals surface area contributed by atoms with Gasteiger partial charge in [0.25, 0.3) is 0 Å². The first-order chi connectivity index (χ1) is 7.70. The maximum absolute atomic E-state index is 6.00. The van der Waals surface area contributed by atoms with Gasteiger partial charge in [-0.3, -0.25) is 10.5 Å². The number of hydrogen-bond acceptors (Lipinski definition) is 5. The fourth-order valence-electron chi connectivity index (χ4n) is 1.36. The first kappa shape index (κ1) is 13.4. The van der Waals surface area contributed by atoms with Crippen LogP contribution in [0.5, 0.6) is 0 Å². The molecule has 3 N–H and O–H groups in total. The van der Waals surface area contributed by atoms with Crippen LogP contribution in [-0.4, -0.2) is 36.7 Å². The van der Waals surface area contributed by atoms with Crippen LogP contribution in [0.2, 0.25) is 5.02 Å².